The maximum Gasteiger partial charge on any atom is 0.346 e. The third-order valence-corrected chi connectivity index (χ3v) is 2.77. The van der Waals surface area contributed by atoms with E-state index in [-0.39, 0.29) is 12.4 Å². The van der Waals surface area contributed by atoms with E-state index in [2.05, 4.69) is 10.9 Å². The van der Waals surface area contributed by atoms with Gasteiger partial charge in [0.05, 0.1) is 6.54 Å². The van der Waals surface area contributed by atoms with Crippen molar-refractivity contribution in [3.8, 4) is 12.3 Å². The molecule has 0 spiro atoms. The van der Waals surface area contributed by atoms with Gasteiger partial charge < -0.3 is 5.73 Å². The highest BCUT2D eigenvalue weighted by molar-refractivity contribution is 6.03. The Labute approximate surface area is 104 Å². The Hall–Kier alpha value is -2.35. The van der Waals surface area contributed by atoms with E-state index < -0.39 is 17.9 Å². The molecule has 5 heteroatoms. The van der Waals surface area contributed by atoms with Crippen LogP contribution in [0.5, 0.6) is 0 Å². The Morgan fingerprint density at radius 1 is 1.61 bits per heavy atom. The summed E-state index contributed by atoms with van der Waals surface area (Å²) in [5.74, 6) is 1.99. The summed E-state index contributed by atoms with van der Waals surface area (Å²) in [7, 11) is 0. The summed E-state index contributed by atoms with van der Waals surface area (Å²) in [5, 5.41) is 0. The van der Waals surface area contributed by atoms with E-state index in [1.54, 1.807) is 12.1 Å². The van der Waals surface area contributed by atoms with Crippen molar-refractivity contribution in [3.63, 3.8) is 0 Å². The number of nitrogens with two attached hydrogens (primary N) is 1. The van der Waals surface area contributed by atoms with Crippen molar-refractivity contribution in [2.75, 3.05) is 6.54 Å². The van der Waals surface area contributed by atoms with Crippen molar-refractivity contribution in [2.24, 2.45) is 10.7 Å². The summed E-state index contributed by atoms with van der Waals surface area (Å²) in [6, 6.07) is 3.39. The van der Waals surface area contributed by atoms with Crippen LogP contribution in [-0.2, 0) is 0 Å². The average molecular weight is 245 g/mol. The minimum Gasteiger partial charge on any atom is -0.385 e. The fourth-order valence-corrected chi connectivity index (χ4v) is 1.96. The van der Waals surface area contributed by atoms with Gasteiger partial charge in [-0.05, 0) is 13.0 Å². The zero-order chi connectivity index (χ0) is 13.3. The van der Waals surface area contributed by atoms with Gasteiger partial charge in [0.1, 0.15) is 17.7 Å². The number of carbonyl (C=O) groups is 1. The fourth-order valence-electron chi connectivity index (χ4n) is 1.96. The summed E-state index contributed by atoms with van der Waals surface area (Å²) in [6.45, 7) is 1.87. The van der Waals surface area contributed by atoms with Crippen LogP contribution in [0.25, 0.3) is 0 Å². The van der Waals surface area contributed by atoms with Crippen molar-refractivity contribution in [1.29, 1.82) is 0 Å². The standard InChI is InChI=1S/C13H12FN3O/c1-3-6-17-11(12(15)16-13(17)18)9-7-8(2)4-5-10(9)14/h1,4-5,7,11H,6H2,2H3,(H2,15,16,18). The molecule has 4 nitrogen and oxygen atoms in total. The summed E-state index contributed by atoms with van der Waals surface area (Å²) >= 11 is 0. The van der Waals surface area contributed by atoms with Gasteiger partial charge in [0.15, 0.2) is 0 Å². The van der Waals surface area contributed by atoms with Crippen LogP contribution in [0, 0.1) is 25.1 Å². The van der Waals surface area contributed by atoms with Gasteiger partial charge in [-0.25, -0.2) is 9.18 Å². The molecule has 0 radical (unpaired) electrons. The number of hydrogen-bond acceptors (Lipinski definition) is 2. The number of hydrogen-bond donors (Lipinski definition) is 1. The Balaban J connectivity index is 2.48. The first kappa shape index (κ1) is 12.1. The number of benzene rings is 1. The third kappa shape index (κ3) is 1.93. The summed E-state index contributed by atoms with van der Waals surface area (Å²) in [5.41, 5.74) is 6.88. The molecule has 1 aromatic carbocycles. The van der Waals surface area contributed by atoms with Crippen LogP contribution in [0.3, 0.4) is 0 Å². The number of aliphatic imine (C=N–C) groups is 1. The molecule has 1 aromatic rings. The highest BCUT2D eigenvalue weighted by Crippen LogP contribution is 2.29. The molecule has 0 fully saturated rings. The molecule has 1 atom stereocenters. The first-order valence-electron chi connectivity index (χ1n) is 5.38. The van der Waals surface area contributed by atoms with Crippen molar-refractivity contribution >= 4 is 11.9 Å². The summed E-state index contributed by atoms with van der Waals surface area (Å²) in [6.07, 6.45) is 5.19. The summed E-state index contributed by atoms with van der Waals surface area (Å²) < 4.78 is 13.8. The lowest BCUT2D eigenvalue weighted by Crippen LogP contribution is -2.34. The number of amides is 2. The number of halogens is 1. The van der Waals surface area contributed by atoms with Crippen molar-refractivity contribution in [1.82, 2.24) is 4.90 Å². The number of aryl methyl sites for hydroxylation is 1. The minimum atomic E-state index is -0.714. The minimum absolute atomic E-state index is 0.0427. The lowest BCUT2D eigenvalue weighted by Gasteiger charge is -2.23. The highest BCUT2D eigenvalue weighted by atomic mass is 19.1. The molecule has 0 bridgehead atoms. The van der Waals surface area contributed by atoms with Gasteiger partial charge in [-0.3, -0.25) is 4.90 Å². The van der Waals surface area contributed by atoms with Gasteiger partial charge in [-0.2, -0.15) is 4.99 Å². The predicted octanol–water partition coefficient (Wildman–Crippen LogP) is 1.60. The molecule has 2 rings (SSSR count). The van der Waals surface area contributed by atoms with E-state index in [0.717, 1.165) is 5.56 Å². The number of nitrogens with zero attached hydrogens (tertiary/aromatic N) is 2. The normalized spacial score (nSPS) is 18.7. The topological polar surface area (TPSA) is 58.7 Å². The third-order valence-electron chi connectivity index (χ3n) is 2.77. The van der Waals surface area contributed by atoms with Gasteiger partial charge >= 0.3 is 6.03 Å². The fraction of sp³-hybridized carbons (Fsp3) is 0.231. The molecular formula is C13H12FN3O. The van der Waals surface area contributed by atoms with E-state index in [9.17, 15) is 9.18 Å². The van der Waals surface area contributed by atoms with Gasteiger partial charge in [0.25, 0.3) is 0 Å². The molecule has 2 N–H and O–H groups in total. The molecule has 0 aliphatic carbocycles. The second-order valence-electron chi connectivity index (χ2n) is 4.08. The van der Waals surface area contributed by atoms with E-state index in [1.807, 2.05) is 6.92 Å². The van der Waals surface area contributed by atoms with Crippen LogP contribution >= 0.6 is 0 Å². The van der Waals surface area contributed by atoms with Crippen LogP contribution in [-0.4, -0.2) is 23.3 Å². The first-order valence-corrected chi connectivity index (χ1v) is 5.38. The molecule has 1 unspecified atom stereocenters. The van der Waals surface area contributed by atoms with Crippen molar-refractivity contribution < 1.29 is 9.18 Å². The second-order valence-corrected chi connectivity index (χ2v) is 4.08. The molecule has 0 saturated carbocycles. The summed E-state index contributed by atoms with van der Waals surface area (Å²) in [4.78, 5) is 16.5. The monoisotopic (exact) mass is 245 g/mol. The molecule has 1 aliphatic rings. The van der Waals surface area contributed by atoms with E-state index in [0.29, 0.717) is 5.56 Å². The van der Waals surface area contributed by atoms with Gasteiger partial charge in [0, 0.05) is 5.56 Å². The SMILES string of the molecule is C#CCN1C(=O)N=C(N)C1c1cc(C)ccc1F. The number of rotatable bonds is 2. The van der Waals surface area contributed by atoms with Gasteiger partial charge in [-0.15, -0.1) is 6.42 Å². The van der Waals surface area contributed by atoms with E-state index in [4.69, 9.17) is 12.2 Å². The average Bonchev–Trinajstić information content (AvgIpc) is 2.58. The Morgan fingerprint density at radius 3 is 3.00 bits per heavy atom. The van der Waals surface area contributed by atoms with Crippen LogP contribution < -0.4 is 5.73 Å². The van der Waals surface area contributed by atoms with E-state index in [1.165, 1.54) is 11.0 Å². The number of carbonyl (C=O) groups excluding carboxylic acids is 1. The molecule has 0 aromatic heterocycles. The highest BCUT2D eigenvalue weighted by Gasteiger charge is 2.35. The maximum absolute atomic E-state index is 13.8. The molecule has 1 heterocycles. The molecule has 1 aliphatic heterocycles. The zero-order valence-electron chi connectivity index (χ0n) is 9.85. The molecule has 0 saturated heterocycles. The Kier molecular flexibility index (Phi) is 3.02. The Morgan fingerprint density at radius 2 is 2.33 bits per heavy atom. The predicted molar refractivity (Wildman–Crippen MR) is 66.4 cm³/mol. The zero-order valence-corrected chi connectivity index (χ0v) is 9.85. The van der Waals surface area contributed by atoms with Crippen LogP contribution in [0.4, 0.5) is 9.18 Å². The lowest BCUT2D eigenvalue weighted by molar-refractivity contribution is 0.213. The molecule has 92 valence electrons. The lowest BCUT2D eigenvalue weighted by atomic mass is 10.0. The van der Waals surface area contributed by atoms with Gasteiger partial charge in [0.2, 0.25) is 0 Å². The van der Waals surface area contributed by atoms with Crippen LogP contribution in [0.1, 0.15) is 17.2 Å². The number of terminal acetylenes is 1. The van der Waals surface area contributed by atoms with E-state index >= 15 is 0 Å². The molecule has 18 heavy (non-hydrogen) atoms. The molecular weight excluding hydrogens is 233 g/mol. The maximum atomic E-state index is 13.8. The Bertz CT molecular complexity index is 574. The van der Waals surface area contributed by atoms with Gasteiger partial charge in [-0.1, -0.05) is 23.6 Å². The van der Waals surface area contributed by atoms with Crippen molar-refractivity contribution in [3.05, 3.63) is 35.1 Å². The van der Waals surface area contributed by atoms with Crippen molar-refractivity contribution in [2.45, 2.75) is 13.0 Å². The molecule has 2 amide bonds. The largest absolute Gasteiger partial charge is 0.385 e. The van der Waals surface area contributed by atoms with Crippen LogP contribution in [0.15, 0.2) is 23.2 Å². The first-order chi connectivity index (χ1) is 8.54. The number of amidine groups is 1. The number of urea groups is 1. The smallest absolute Gasteiger partial charge is 0.346 e. The second kappa shape index (κ2) is 4.49. The quantitative estimate of drug-likeness (QED) is 0.804. The van der Waals surface area contributed by atoms with Crippen LogP contribution in [0.2, 0.25) is 0 Å².